The number of ether oxygens (including phenoxy) is 2. The molecular weight excluding hydrogens is 1130 g/mol. The van der Waals surface area contributed by atoms with E-state index in [1.165, 1.54) is 257 Å². The first-order chi connectivity index (χ1) is 44.3. The molecule has 0 aromatic heterocycles. The molecule has 0 aromatic rings. The Bertz CT molecular complexity index is 1750. The summed E-state index contributed by atoms with van der Waals surface area (Å²) in [7, 11) is -4.40. The number of esters is 2. The molecule has 0 heterocycles. The number of allylic oxidation sites excluding steroid dienone is 14. The Morgan fingerprint density at radius 1 is 0.344 bits per heavy atom. The molecule has 2 unspecified atom stereocenters. The molecule has 0 aliphatic carbocycles. The third kappa shape index (κ3) is 74.2. The molecule has 90 heavy (non-hydrogen) atoms. The van der Waals surface area contributed by atoms with Gasteiger partial charge in [-0.3, -0.25) is 18.6 Å². The SMILES string of the molecule is CC/C=C\C/C=C\C/C=C\C/C=C\C/C=C\C/C=C\C/C=C\CCCCCCCCCCCCCC(=O)OC(COC(=O)CCCCCCCCCCCCCCCCCCCCCCCCCCCCCCCCCCCCCC)COP(=O)(O)OCCN. The minimum absolute atomic E-state index is 0.0516. The van der Waals surface area contributed by atoms with Crippen molar-refractivity contribution in [3.8, 4) is 0 Å². The number of phosphoric ester groups is 1. The Morgan fingerprint density at radius 3 is 0.911 bits per heavy atom. The van der Waals surface area contributed by atoms with E-state index in [0.29, 0.717) is 6.42 Å². The molecule has 0 aliphatic heterocycles. The summed E-state index contributed by atoms with van der Waals surface area (Å²) < 4.78 is 33.2. The van der Waals surface area contributed by atoms with E-state index >= 15 is 0 Å². The summed E-state index contributed by atoms with van der Waals surface area (Å²) in [5, 5.41) is 0. The third-order valence-electron chi connectivity index (χ3n) is 17.0. The predicted octanol–water partition coefficient (Wildman–Crippen LogP) is 25.7. The fourth-order valence-electron chi connectivity index (χ4n) is 11.4. The molecule has 0 rings (SSSR count). The van der Waals surface area contributed by atoms with Gasteiger partial charge in [0.25, 0.3) is 0 Å². The van der Waals surface area contributed by atoms with Gasteiger partial charge >= 0.3 is 19.8 Å². The summed E-state index contributed by atoms with van der Waals surface area (Å²) in [6, 6.07) is 0. The summed E-state index contributed by atoms with van der Waals surface area (Å²) in [5.74, 6) is -0.817. The first-order valence-electron chi connectivity index (χ1n) is 38.6. The molecule has 0 fully saturated rings. The van der Waals surface area contributed by atoms with Crippen LogP contribution in [0.3, 0.4) is 0 Å². The highest BCUT2D eigenvalue weighted by atomic mass is 31.2. The average Bonchev–Trinajstić information content (AvgIpc) is 3.58. The van der Waals surface area contributed by atoms with E-state index in [1.807, 2.05) is 0 Å². The van der Waals surface area contributed by atoms with Crippen molar-refractivity contribution in [3.05, 3.63) is 85.1 Å². The number of unbranched alkanes of at least 4 members (excludes halogenated alkanes) is 46. The van der Waals surface area contributed by atoms with Gasteiger partial charge in [0, 0.05) is 19.4 Å². The maximum absolute atomic E-state index is 12.8. The lowest BCUT2D eigenvalue weighted by molar-refractivity contribution is -0.161. The second-order valence-corrected chi connectivity index (χ2v) is 27.3. The maximum atomic E-state index is 12.8. The van der Waals surface area contributed by atoms with Crippen LogP contribution in [0.5, 0.6) is 0 Å². The molecule has 0 saturated heterocycles. The van der Waals surface area contributed by atoms with Crippen LogP contribution in [0.2, 0.25) is 0 Å². The largest absolute Gasteiger partial charge is 0.472 e. The molecule has 524 valence electrons. The Labute approximate surface area is 557 Å². The zero-order valence-electron chi connectivity index (χ0n) is 59.1. The number of carbonyl (C=O) groups excluding carboxylic acids is 2. The maximum Gasteiger partial charge on any atom is 0.472 e. The zero-order chi connectivity index (χ0) is 65.1. The molecule has 10 heteroatoms. The number of rotatable bonds is 73. The van der Waals surface area contributed by atoms with Crippen LogP contribution in [0.25, 0.3) is 0 Å². The molecular formula is C80H146NO8P. The van der Waals surface area contributed by atoms with Crippen LogP contribution in [-0.2, 0) is 32.7 Å². The second kappa shape index (κ2) is 75.2. The van der Waals surface area contributed by atoms with E-state index in [1.54, 1.807) is 0 Å². The number of nitrogens with two attached hydrogens (primary N) is 1. The fourth-order valence-corrected chi connectivity index (χ4v) is 12.2. The molecule has 0 spiro atoms. The lowest BCUT2D eigenvalue weighted by Gasteiger charge is -2.19. The lowest BCUT2D eigenvalue weighted by atomic mass is 10.0. The van der Waals surface area contributed by atoms with Gasteiger partial charge < -0.3 is 20.1 Å². The van der Waals surface area contributed by atoms with Gasteiger partial charge in [-0.15, -0.1) is 0 Å². The monoisotopic (exact) mass is 1280 g/mol. The number of carbonyl (C=O) groups is 2. The lowest BCUT2D eigenvalue weighted by Crippen LogP contribution is -2.29. The van der Waals surface area contributed by atoms with E-state index in [-0.39, 0.29) is 38.6 Å². The zero-order valence-corrected chi connectivity index (χ0v) is 60.0. The highest BCUT2D eigenvalue weighted by molar-refractivity contribution is 7.47. The molecule has 9 nitrogen and oxygen atoms in total. The molecule has 0 bridgehead atoms. The van der Waals surface area contributed by atoms with E-state index in [0.717, 1.165) is 89.9 Å². The first kappa shape index (κ1) is 87.2. The van der Waals surface area contributed by atoms with Gasteiger partial charge in [-0.05, 0) is 70.6 Å². The van der Waals surface area contributed by atoms with Crippen molar-refractivity contribution >= 4 is 19.8 Å². The Hall–Kier alpha value is -2.81. The van der Waals surface area contributed by atoms with Gasteiger partial charge in [-0.1, -0.05) is 381 Å². The second-order valence-electron chi connectivity index (χ2n) is 25.9. The van der Waals surface area contributed by atoms with Gasteiger partial charge in [-0.25, -0.2) is 4.57 Å². The van der Waals surface area contributed by atoms with Crippen molar-refractivity contribution in [2.24, 2.45) is 5.73 Å². The Kier molecular flexibility index (Phi) is 72.9. The summed E-state index contributed by atoms with van der Waals surface area (Å²) in [4.78, 5) is 35.4. The Balaban J connectivity index is 3.82. The average molecular weight is 1280 g/mol. The van der Waals surface area contributed by atoms with E-state index < -0.39 is 26.5 Å². The van der Waals surface area contributed by atoms with E-state index in [9.17, 15) is 19.0 Å². The van der Waals surface area contributed by atoms with Crippen LogP contribution in [0.15, 0.2) is 85.1 Å². The van der Waals surface area contributed by atoms with Crippen LogP contribution in [0.4, 0.5) is 0 Å². The van der Waals surface area contributed by atoms with Gasteiger partial charge in [0.15, 0.2) is 6.10 Å². The summed E-state index contributed by atoms with van der Waals surface area (Å²) >= 11 is 0. The summed E-state index contributed by atoms with van der Waals surface area (Å²) in [5.41, 5.74) is 5.41. The van der Waals surface area contributed by atoms with Gasteiger partial charge in [0.2, 0.25) is 0 Å². The van der Waals surface area contributed by atoms with Gasteiger partial charge in [0.1, 0.15) is 6.61 Å². The standard InChI is InChI=1S/C80H146NO8P/c1-3-5-7-9-11-13-15-17-19-21-23-25-27-29-31-33-35-37-38-39-41-42-44-46-48-50-52-54-56-58-60-62-64-66-68-70-72-79(82)86-76-78(77-88-90(84,85)87-75-74-81)89-80(83)73-71-69-67-65-63-61-59-57-55-53-51-49-47-45-43-40-36-34-32-30-28-26-24-22-20-18-16-14-12-10-8-6-4-2/h6,8,12,14,18,20,24,26,30,32,36,40,45,47,78H,3-5,7,9-11,13,15-17,19,21-23,25,27-29,31,33-35,37-39,41-44,46,48-77,81H2,1-2H3,(H,84,85)/b8-6-,14-12-,20-18-,26-24-,32-30-,40-36-,47-45-. The van der Waals surface area contributed by atoms with Gasteiger partial charge in [-0.2, -0.15) is 0 Å². The van der Waals surface area contributed by atoms with Crippen molar-refractivity contribution in [2.45, 2.75) is 386 Å². The summed E-state index contributed by atoms with van der Waals surface area (Å²) in [6.45, 7) is 3.68. The minimum Gasteiger partial charge on any atom is -0.462 e. The molecule has 3 N–H and O–H groups in total. The quantitative estimate of drug-likeness (QED) is 0.0264. The molecule has 0 saturated carbocycles. The van der Waals surface area contributed by atoms with Crippen LogP contribution in [0, 0.1) is 0 Å². The molecule has 0 amide bonds. The van der Waals surface area contributed by atoms with E-state index in [2.05, 4.69) is 98.9 Å². The number of hydrogen-bond acceptors (Lipinski definition) is 8. The number of phosphoric acid groups is 1. The highest BCUT2D eigenvalue weighted by Crippen LogP contribution is 2.43. The van der Waals surface area contributed by atoms with E-state index in [4.69, 9.17) is 24.3 Å². The van der Waals surface area contributed by atoms with Crippen LogP contribution in [0.1, 0.15) is 380 Å². The van der Waals surface area contributed by atoms with Crippen LogP contribution in [-0.4, -0.2) is 49.3 Å². The van der Waals surface area contributed by atoms with Crippen molar-refractivity contribution in [3.63, 3.8) is 0 Å². The predicted molar refractivity (Wildman–Crippen MR) is 390 cm³/mol. The van der Waals surface area contributed by atoms with Crippen molar-refractivity contribution < 1.29 is 37.6 Å². The summed E-state index contributed by atoms with van der Waals surface area (Å²) in [6.07, 6.45) is 101. The van der Waals surface area contributed by atoms with Gasteiger partial charge in [0.05, 0.1) is 13.2 Å². The van der Waals surface area contributed by atoms with Crippen LogP contribution >= 0.6 is 7.82 Å². The smallest absolute Gasteiger partial charge is 0.462 e. The highest BCUT2D eigenvalue weighted by Gasteiger charge is 2.26. The fraction of sp³-hybridized carbons (Fsp3) is 0.800. The minimum atomic E-state index is -4.40. The van der Waals surface area contributed by atoms with Crippen LogP contribution < -0.4 is 5.73 Å². The number of hydrogen-bond donors (Lipinski definition) is 2. The van der Waals surface area contributed by atoms with Crippen molar-refractivity contribution in [1.82, 2.24) is 0 Å². The molecule has 0 radical (unpaired) electrons. The van der Waals surface area contributed by atoms with Crippen molar-refractivity contribution in [1.29, 1.82) is 0 Å². The normalized spacial score (nSPS) is 13.3. The first-order valence-corrected chi connectivity index (χ1v) is 40.1. The molecule has 0 aromatic carbocycles. The topological polar surface area (TPSA) is 134 Å². The van der Waals surface area contributed by atoms with Crippen molar-refractivity contribution in [2.75, 3.05) is 26.4 Å². The molecule has 0 aliphatic rings. The Morgan fingerprint density at radius 2 is 0.611 bits per heavy atom. The molecule has 2 atom stereocenters. The third-order valence-corrected chi connectivity index (χ3v) is 18.0.